The maximum absolute atomic E-state index is 12.5. The molecule has 0 saturated heterocycles. The number of carbonyl (C=O) groups is 2. The van der Waals surface area contributed by atoms with Gasteiger partial charge in [0, 0.05) is 23.2 Å². The van der Waals surface area contributed by atoms with Gasteiger partial charge in [0.2, 0.25) is 0 Å². The summed E-state index contributed by atoms with van der Waals surface area (Å²) in [5, 5.41) is 7.20. The lowest BCUT2D eigenvalue weighted by atomic mass is 10.1. The Morgan fingerprint density at radius 2 is 2.03 bits per heavy atom. The largest absolute Gasteiger partial charge is 0.452 e. The molecule has 1 amide bonds. The first-order valence-electron chi connectivity index (χ1n) is 9.53. The fraction of sp³-hybridized carbons (Fsp3) is 0.273. The molecular formula is C22H23N3O4S. The van der Waals surface area contributed by atoms with Crippen LogP contribution in [0.3, 0.4) is 0 Å². The van der Waals surface area contributed by atoms with Crippen molar-refractivity contribution in [2.45, 2.75) is 38.0 Å². The van der Waals surface area contributed by atoms with Crippen molar-refractivity contribution in [3.63, 3.8) is 0 Å². The van der Waals surface area contributed by atoms with Crippen LogP contribution < -0.4 is 5.32 Å². The topological polar surface area (TPSA) is 94.3 Å². The molecule has 156 valence electrons. The molecule has 1 aromatic carbocycles. The summed E-state index contributed by atoms with van der Waals surface area (Å²) < 4.78 is 10.4. The average molecular weight is 426 g/mol. The van der Waals surface area contributed by atoms with Gasteiger partial charge in [-0.25, -0.2) is 9.78 Å². The molecule has 0 radical (unpaired) electrons. The van der Waals surface area contributed by atoms with Gasteiger partial charge in [-0.05, 0) is 50.1 Å². The van der Waals surface area contributed by atoms with E-state index in [9.17, 15) is 9.59 Å². The van der Waals surface area contributed by atoms with E-state index in [-0.39, 0.29) is 6.61 Å². The van der Waals surface area contributed by atoms with Crippen LogP contribution in [0.25, 0.3) is 0 Å². The zero-order chi connectivity index (χ0) is 21.5. The number of amides is 1. The summed E-state index contributed by atoms with van der Waals surface area (Å²) in [7, 11) is 0. The first kappa shape index (κ1) is 21.6. The van der Waals surface area contributed by atoms with Gasteiger partial charge in [-0.2, -0.15) is 0 Å². The van der Waals surface area contributed by atoms with Crippen LogP contribution in [0.4, 0.5) is 5.69 Å². The van der Waals surface area contributed by atoms with E-state index >= 15 is 0 Å². The Kier molecular flexibility index (Phi) is 7.24. The standard InChI is InChI=1S/C22H23N3O4S/c1-4-16-7-5-8-17(11-16)24-20(26)12-28-22(27)18-9-6-10-23-21(18)30-13-19-14(2)25-29-15(19)3/h5-11H,4,12-13H2,1-3H3,(H,24,26). The molecule has 3 aromatic rings. The minimum Gasteiger partial charge on any atom is -0.452 e. The third-order valence-corrected chi connectivity index (χ3v) is 5.51. The first-order chi connectivity index (χ1) is 14.5. The summed E-state index contributed by atoms with van der Waals surface area (Å²) in [4.78, 5) is 29.0. The molecular weight excluding hydrogens is 402 g/mol. The highest BCUT2D eigenvalue weighted by Crippen LogP contribution is 2.27. The summed E-state index contributed by atoms with van der Waals surface area (Å²) in [6, 6.07) is 10.8. The van der Waals surface area contributed by atoms with Crippen molar-refractivity contribution in [3.8, 4) is 0 Å². The molecule has 0 saturated carbocycles. The molecule has 0 aliphatic heterocycles. The van der Waals surface area contributed by atoms with Crippen LogP contribution in [0.1, 0.15) is 39.9 Å². The number of esters is 1. The quantitative estimate of drug-likeness (QED) is 0.424. The Bertz CT molecular complexity index is 1030. The number of rotatable bonds is 8. The second kappa shape index (κ2) is 10.1. The molecule has 2 heterocycles. The van der Waals surface area contributed by atoms with Crippen LogP contribution in [-0.4, -0.2) is 28.6 Å². The van der Waals surface area contributed by atoms with Crippen molar-refractivity contribution in [1.29, 1.82) is 0 Å². The highest BCUT2D eigenvalue weighted by atomic mass is 32.2. The van der Waals surface area contributed by atoms with Crippen molar-refractivity contribution >= 4 is 29.3 Å². The van der Waals surface area contributed by atoms with E-state index in [2.05, 4.69) is 15.5 Å². The molecule has 0 aliphatic carbocycles. The lowest BCUT2D eigenvalue weighted by Crippen LogP contribution is -2.21. The molecule has 8 heteroatoms. The normalized spacial score (nSPS) is 10.6. The van der Waals surface area contributed by atoms with E-state index in [4.69, 9.17) is 9.26 Å². The van der Waals surface area contributed by atoms with E-state index in [1.165, 1.54) is 11.8 Å². The van der Waals surface area contributed by atoms with Gasteiger partial charge in [0.05, 0.1) is 11.3 Å². The number of thioether (sulfide) groups is 1. The van der Waals surface area contributed by atoms with E-state index in [1.54, 1.807) is 24.4 Å². The Morgan fingerprint density at radius 1 is 1.20 bits per heavy atom. The van der Waals surface area contributed by atoms with Crippen molar-refractivity contribution in [3.05, 3.63) is 70.7 Å². The number of nitrogens with zero attached hydrogens (tertiary/aromatic N) is 2. The number of carbonyl (C=O) groups excluding carboxylic acids is 2. The highest BCUT2D eigenvalue weighted by molar-refractivity contribution is 7.98. The molecule has 0 atom stereocenters. The van der Waals surface area contributed by atoms with Gasteiger partial charge in [-0.3, -0.25) is 4.79 Å². The second-order valence-corrected chi connectivity index (χ2v) is 7.59. The summed E-state index contributed by atoms with van der Waals surface area (Å²) in [5.74, 6) is 0.309. The summed E-state index contributed by atoms with van der Waals surface area (Å²) in [6.07, 6.45) is 2.48. The predicted octanol–water partition coefficient (Wildman–Crippen LogP) is 4.34. The minimum atomic E-state index is -0.596. The lowest BCUT2D eigenvalue weighted by Gasteiger charge is -2.09. The number of anilines is 1. The van der Waals surface area contributed by atoms with Gasteiger partial charge in [0.15, 0.2) is 6.61 Å². The maximum Gasteiger partial charge on any atom is 0.341 e. The monoisotopic (exact) mass is 425 g/mol. The third-order valence-electron chi connectivity index (χ3n) is 4.48. The van der Waals surface area contributed by atoms with E-state index in [0.717, 1.165) is 29.0 Å². The number of hydrogen-bond acceptors (Lipinski definition) is 7. The SMILES string of the molecule is CCc1cccc(NC(=O)COC(=O)c2cccnc2SCc2c(C)noc2C)c1. The Labute approximate surface area is 179 Å². The van der Waals surface area contributed by atoms with Crippen molar-refractivity contribution in [2.75, 3.05) is 11.9 Å². The minimum absolute atomic E-state index is 0.315. The summed E-state index contributed by atoms with van der Waals surface area (Å²) in [6.45, 7) is 5.38. The Morgan fingerprint density at radius 3 is 2.77 bits per heavy atom. The van der Waals surface area contributed by atoms with Crippen LogP contribution >= 0.6 is 11.8 Å². The van der Waals surface area contributed by atoms with Crippen molar-refractivity contribution in [1.82, 2.24) is 10.1 Å². The van der Waals surface area contributed by atoms with E-state index < -0.39 is 11.9 Å². The van der Waals surface area contributed by atoms with E-state index in [1.807, 2.05) is 39.0 Å². The second-order valence-electron chi connectivity index (χ2n) is 6.63. The first-order valence-corrected chi connectivity index (χ1v) is 10.5. The predicted molar refractivity (Wildman–Crippen MR) is 115 cm³/mol. The molecule has 30 heavy (non-hydrogen) atoms. The number of pyridine rings is 1. The van der Waals surface area contributed by atoms with Crippen LogP contribution in [0.15, 0.2) is 52.1 Å². The molecule has 7 nitrogen and oxygen atoms in total. The maximum atomic E-state index is 12.5. The molecule has 0 bridgehead atoms. The third kappa shape index (κ3) is 5.48. The van der Waals surface area contributed by atoms with Gasteiger partial charge in [0.1, 0.15) is 10.8 Å². The number of hydrogen-bond donors (Lipinski definition) is 1. The van der Waals surface area contributed by atoms with E-state index in [0.29, 0.717) is 22.0 Å². The van der Waals surface area contributed by atoms with Gasteiger partial charge in [-0.15, -0.1) is 11.8 Å². The van der Waals surface area contributed by atoms with Crippen LogP contribution in [0, 0.1) is 13.8 Å². The van der Waals surface area contributed by atoms with Crippen LogP contribution in [-0.2, 0) is 21.7 Å². The molecule has 2 aromatic heterocycles. The summed E-state index contributed by atoms with van der Waals surface area (Å²) in [5.41, 5.74) is 3.88. The fourth-order valence-corrected chi connectivity index (χ4v) is 3.92. The molecule has 0 aliphatic rings. The molecule has 3 rings (SSSR count). The average Bonchev–Trinajstić information content (AvgIpc) is 3.08. The van der Waals surface area contributed by atoms with Gasteiger partial charge < -0.3 is 14.6 Å². The number of benzene rings is 1. The number of aryl methyl sites for hydroxylation is 3. The number of ether oxygens (including phenoxy) is 1. The zero-order valence-corrected chi connectivity index (χ0v) is 17.9. The van der Waals surface area contributed by atoms with Gasteiger partial charge >= 0.3 is 5.97 Å². The summed E-state index contributed by atoms with van der Waals surface area (Å²) >= 11 is 1.39. The molecule has 1 N–H and O–H groups in total. The van der Waals surface area contributed by atoms with Gasteiger partial charge in [-0.1, -0.05) is 24.2 Å². The molecule has 0 spiro atoms. The Balaban J connectivity index is 1.59. The van der Waals surface area contributed by atoms with Crippen LogP contribution in [0.5, 0.6) is 0 Å². The van der Waals surface area contributed by atoms with Crippen molar-refractivity contribution in [2.24, 2.45) is 0 Å². The smallest absolute Gasteiger partial charge is 0.341 e. The van der Waals surface area contributed by atoms with Gasteiger partial charge in [0.25, 0.3) is 5.91 Å². The Hall–Kier alpha value is -3.13. The molecule has 0 fully saturated rings. The van der Waals surface area contributed by atoms with Crippen molar-refractivity contribution < 1.29 is 18.8 Å². The fourth-order valence-electron chi connectivity index (χ4n) is 2.78. The zero-order valence-electron chi connectivity index (χ0n) is 17.1. The lowest BCUT2D eigenvalue weighted by molar-refractivity contribution is -0.119. The highest BCUT2D eigenvalue weighted by Gasteiger charge is 2.17. The number of nitrogens with one attached hydrogen (secondary N) is 1. The molecule has 0 unspecified atom stereocenters. The van der Waals surface area contributed by atoms with Crippen LogP contribution in [0.2, 0.25) is 0 Å². The number of aromatic nitrogens is 2.